The fourth-order valence-corrected chi connectivity index (χ4v) is 3.45. The molecule has 2 heterocycles. The monoisotopic (exact) mass is 381 g/mol. The number of rotatable bonds is 6. The van der Waals surface area contributed by atoms with Crippen molar-refractivity contribution in [3.63, 3.8) is 0 Å². The number of nitrogens with zero attached hydrogens (tertiary/aromatic N) is 2. The number of benzene rings is 1. The van der Waals surface area contributed by atoms with Crippen molar-refractivity contribution in [2.24, 2.45) is 0 Å². The van der Waals surface area contributed by atoms with Crippen LogP contribution in [0.1, 0.15) is 52.1 Å². The molecule has 1 aliphatic rings. The van der Waals surface area contributed by atoms with Gasteiger partial charge in [-0.1, -0.05) is 31.0 Å². The Labute approximate surface area is 165 Å². The maximum Gasteiger partial charge on any atom is 0.272 e. The second-order valence-corrected chi connectivity index (χ2v) is 6.95. The summed E-state index contributed by atoms with van der Waals surface area (Å²) in [6.07, 6.45) is 6.56. The molecule has 0 spiro atoms. The lowest BCUT2D eigenvalue weighted by Crippen LogP contribution is -2.33. The molecule has 1 aromatic carbocycles. The quantitative estimate of drug-likeness (QED) is 0.835. The number of likely N-dealkylation sites (tertiary alicyclic amines) is 1. The first-order valence-corrected chi connectivity index (χ1v) is 9.84. The number of hydrogen-bond donors (Lipinski definition) is 1. The van der Waals surface area contributed by atoms with Gasteiger partial charge in [0.25, 0.3) is 11.8 Å². The first kappa shape index (κ1) is 19.9. The maximum absolute atomic E-state index is 12.7. The third-order valence-electron chi connectivity index (χ3n) is 5.01. The highest BCUT2D eigenvalue weighted by molar-refractivity contribution is 5.98. The van der Waals surface area contributed by atoms with Crippen LogP contribution in [0, 0.1) is 0 Å². The standard InChI is InChI=1S/C22H27N3O3/c1-28-20-9-5-4-8-17(20)10-13-24-21(26)18-11-12-23-19(16-18)22(27)25-14-6-2-3-7-15-25/h4-5,8-9,11-12,16H,2-3,6-7,10,13-15H2,1H3,(H,24,26). The second-order valence-electron chi connectivity index (χ2n) is 6.95. The molecule has 0 bridgehead atoms. The number of carbonyl (C=O) groups is 2. The van der Waals surface area contributed by atoms with Gasteiger partial charge in [-0.05, 0) is 43.0 Å². The molecule has 0 unspecified atom stereocenters. The van der Waals surface area contributed by atoms with E-state index in [2.05, 4.69) is 10.3 Å². The molecule has 0 radical (unpaired) electrons. The van der Waals surface area contributed by atoms with E-state index in [4.69, 9.17) is 4.74 Å². The minimum atomic E-state index is -0.206. The van der Waals surface area contributed by atoms with Crippen LogP contribution in [0.15, 0.2) is 42.6 Å². The molecular weight excluding hydrogens is 354 g/mol. The van der Waals surface area contributed by atoms with Crippen molar-refractivity contribution in [2.45, 2.75) is 32.1 Å². The van der Waals surface area contributed by atoms with E-state index in [-0.39, 0.29) is 11.8 Å². The Hall–Kier alpha value is -2.89. The maximum atomic E-state index is 12.7. The smallest absolute Gasteiger partial charge is 0.272 e. The van der Waals surface area contributed by atoms with Crippen molar-refractivity contribution >= 4 is 11.8 Å². The van der Waals surface area contributed by atoms with E-state index < -0.39 is 0 Å². The van der Waals surface area contributed by atoms with Crippen LogP contribution in [-0.2, 0) is 6.42 Å². The molecule has 1 N–H and O–H groups in total. The van der Waals surface area contributed by atoms with E-state index in [1.54, 1.807) is 19.2 Å². The molecule has 0 atom stereocenters. The summed E-state index contributed by atoms with van der Waals surface area (Å²) in [6, 6.07) is 11.0. The van der Waals surface area contributed by atoms with Crippen LogP contribution in [-0.4, -0.2) is 48.4 Å². The fraction of sp³-hybridized carbons (Fsp3) is 0.409. The lowest BCUT2D eigenvalue weighted by molar-refractivity contribution is 0.0755. The number of amides is 2. The van der Waals surface area contributed by atoms with Gasteiger partial charge in [0.05, 0.1) is 7.11 Å². The molecule has 6 heteroatoms. The SMILES string of the molecule is COc1ccccc1CCNC(=O)c1ccnc(C(=O)N2CCCCCC2)c1. The number of para-hydroxylation sites is 1. The van der Waals surface area contributed by atoms with Crippen molar-refractivity contribution in [3.8, 4) is 5.75 Å². The molecule has 1 fully saturated rings. The summed E-state index contributed by atoms with van der Waals surface area (Å²) < 4.78 is 5.33. The summed E-state index contributed by atoms with van der Waals surface area (Å²) in [6.45, 7) is 2.00. The molecule has 2 aromatic rings. The molecule has 0 saturated carbocycles. The van der Waals surface area contributed by atoms with Gasteiger partial charge in [0.2, 0.25) is 0 Å². The van der Waals surface area contributed by atoms with E-state index in [0.29, 0.717) is 24.2 Å². The zero-order valence-electron chi connectivity index (χ0n) is 16.3. The molecule has 1 saturated heterocycles. The number of aromatic nitrogens is 1. The highest BCUT2D eigenvalue weighted by Crippen LogP contribution is 2.17. The molecule has 1 aliphatic heterocycles. The Balaban J connectivity index is 1.59. The van der Waals surface area contributed by atoms with Crippen molar-refractivity contribution in [1.29, 1.82) is 0 Å². The third-order valence-corrected chi connectivity index (χ3v) is 5.01. The number of methoxy groups -OCH3 is 1. The van der Waals surface area contributed by atoms with Crippen LogP contribution in [0.3, 0.4) is 0 Å². The molecule has 28 heavy (non-hydrogen) atoms. The van der Waals surface area contributed by atoms with Gasteiger partial charge >= 0.3 is 0 Å². The normalized spacial score (nSPS) is 14.2. The lowest BCUT2D eigenvalue weighted by atomic mass is 10.1. The van der Waals surface area contributed by atoms with E-state index in [1.165, 1.54) is 6.20 Å². The number of carbonyl (C=O) groups excluding carboxylic acids is 2. The predicted octanol–water partition coefficient (Wildman–Crippen LogP) is 3.08. The largest absolute Gasteiger partial charge is 0.496 e. The van der Waals surface area contributed by atoms with Crippen LogP contribution >= 0.6 is 0 Å². The van der Waals surface area contributed by atoms with Gasteiger partial charge in [0, 0.05) is 31.4 Å². The molecule has 3 rings (SSSR count). The Morgan fingerprint density at radius 2 is 1.86 bits per heavy atom. The average Bonchev–Trinajstić information content (AvgIpc) is 3.03. The summed E-state index contributed by atoms with van der Waals surface area (Å²) >= 11 is 0. The predicted molar refractivity (Wildman–Crippen MR) is 108 cm³/mol. The Bertz CT molecular complexity index is 814. The molecule has 6 nitrogen and oxygen atoms in total. The van der Waals surface area contributed by atoms with Gasteiger partial charge in [-0.25, -0.2) is 0 Å². The summed E-state index contributed by atoms with van der Waals surface area (Å²) in [4.78, 5) is 31.3. The van der Waals surface area contributed by atoms with E-state index in [9.17, 15) is 9.59 Å². The van der Waals surface area contributed by atoms with Gasteiger partial charge in [-0.2, -0.15) is 0 Å². The van der Waals surface area contributed by atoms with Crippen molar-refractivity contribution in [2.75, 3.05) is 26.7 Å². The molecule has 0 aliphatic carbocycles. The molecule has 148 valence electrons. The number of hydrogen-bond acceptors (Lipinski definition) is 4. The van der Waals surface area contributed by atoms with Crippen LogP contribution in [0.25, 0.3) is 0 Å². The Morgan fingerprint density at radius 1 is 1.11 bits per heavy atom. The van der Waals surface area contributed by atoms with Crippen molar-refractivity contribution < 1.29 is 14.3 Å². The van der Waals surface area contributed by atoms with Crippen LogP contribution in [0.2, 0.25) is 0 Å². The first-order chi connectivity index (χ1) is 13.7. The number of nitrogens with one attached hydrogen (secondary N) is 1. The molecule has 1 aromatic heterocycles. The Morgan fingerprint density at radius 3 is 2.61 bits per heavy atom. The minimum absolute atomic E-state index is 0.0921. The van der Waals surface area contributed by atoms with Gasteiger partial charge in [-0.3, -0.25) is 14.6 Å². The second kappa shape index (κ2) is 9.88. The summed E-state index contributed by atoms with van der Waals surface area (Å²) in [5, 5.41) is 2.91. The lowest BCUT2D eigenvalue weighted by Gasteiger charge is -2.19. The Kier molecular flexibility index (Phi) is 7.00. The highest BCUT2D eigenvalue weighted by atomic mass is 16.5. The third kappa shape index (κ3) is 5.09. The van der Waals surface area contributed by atoms with E-state index in [1.807, 2.05) is 29.2 Å². The van der Waals surface area contributed by atoms with E-state index >= 15 is 0 Å². The summed E-state index contributed by atoms with van der Waals surface area (Å²) in [7, 11) is 1.64. The van der Waals surface area contributed by atoms with Gasteiger partial charge in [0.15, 0.2) is 0 Å². The molecule has 2 amide bonds. The molecular formula is C22H27N3O3. The van der Waals surface area contributed by atoms with E-state index in [0.717, 1.165) is 50.1 Å². The van der Waals surface area contributed by atoms with Gasteiger partial charge in [-0.15, -0.1) is 0 Å². The highest BCUT2D eigenvalue weighted by Gasteiger charge is 2.19. The van der Waals surface area contributed by atoms with Crippen LogP contribution in [0.4, 0.5) is 0 Å². The van der Waals surface area contributed by atoms with Crippen molar-refractivity contribution in [1.82, 2.24) is 15.2 Å². The first-order valence-electron chi connectivity index (χ1n) is 9.84. The number of ether oxygens (including phenoxy) is 1. The number of pyridine rings is 1. The van der Waals surface area contributed by atoms with Crippen LogP contribution < -0.4 is 10.1 Å². The zero-order chi connectivity index (χ0) is 19.8. The van der Waals surface area contributed by atoms with Gasteiger partial charge in [0.1, 0.15) is 11.4 Å². The van der Waals surface area contributed by atoms with Crippen molar-refractivity contribution in [3.05, 3.63) is 59.4 Å². The zero-order valence-corrected chi connectivity index (χ0v) is 16.3. The van der Waals surface area contributed by atoms with Gasteiger partial charge < -0.3 is 15.0 Å². The topological polar surface area (TPSA) is 71.5 Å². The minimum Gasteiger partial charge on any atom is -0.496 e. The summed E-state index contributed by atoms with van der Waals surface area (Å²) in [5.41, 5.74) is 1.82. The summed E-state index contributed by atoms with van der Waals surface area (Å²) in [5.74, 6) is 0.513. The van der Waals surface area contributed by atoms with Crippen LogP contribution in [0.5, 0.6) is 5.75 Å². The fourth-order valence-electron chi connectivity index (χ4n) is 3.45. The average molecular weight is 381 g/mol.